The third-order valence-corrected chi connectivity index (χ3v) is 5.47. The largest absolute Gasteiger partial charge is 0.429 e. The van der Waals surface area contributed by atoms with E-state index in [0.29, 0.717) is 24.0 Å². The molecule has 3 rings (SSSR count). The van der Waals surface area contributed by atoms with E-state index in [1.54, 1.807) is 12.1 Å². The molecule has 3 aromatic carbocycles. The molecule has 0 saturated heterocycles. The van der Waals surface area contributed by atoms with Crippen molar-refractivity contribution in [2.45, 2.75) is 45.6 Å². The number of hydrogen-bond donors (Lipinski definition) is 0. The molecule has 5 heteroatoms. The monoisotopic (exact) mass is 468 g/mol. The highest BCUT2D eigenvalue weighted by Gasteiger charge is 2.37. The second kappa shape index (κ2) is 11.7. The van der Waals surface area contributed by atoms with Gasteiger partial charge in [-0.3, -0.25) is 0 Å². The molecule has 0 saturated carbocycles. The van der Waals surface area contributed by atoms with E-state index in [2.05, 4.69) is 6.08 Å². The Morgan fingerprint density at radius 1 is 0.735 bits per heavy atom. The highest BCUT2D eigenvalue weighted by atomic mass is 19.3. The smallest absolute Gasteiger partial charge is 0.429 e. The van der Waals surface area contributed by atoms with Gasteiger partial charge in [0.15, 0.2) is 0 Å². The van der Waals surface area contributed by atoms with E-state index in [-0.39, 0.29) is 11.3 Å². The number of alkyl halides is 2. The van der Waals surface area contributed by atoms with Gasteiger partial charge in [0.2, 0.25) is 0 Å². The minimum absolute atomic E-state index is 0.271. The lowest BCUT2D eigenvalue weighted by atomic mass is 10.0. The molecule has 0 aromatic heterocycles. The lowest BCUT2D eigenvalue weighted by Crippen LogP contribution is -2.23. The summed E-state index contributed by atoms with van der Waals surface area (Å²) in [5.74, 6) is -2.14. The highest BCUT2D eigenvalue weighted by molar-refractivity contribution is 5.65. The molecule has 1 nitrogen and oxygen atoms in total. The molecular weight excluding hydrogens is 440 g/mol. The molecule has 0 aliphatic rings. The van der Waals surface area contributed by atoms with E-state index in [1.165, 1.54) is 18.2 Å². The van der Waals surface area contributed by atoms with Crippen LogP contribution < -0.4 is 4.74 Å². The van der Waals surface area contributed by atoms with E-state index in [1.807, 2.05) is 44.2 Å². The van der Waals surface area contributed by atoms with Gasteiger partial charge < -0.3 is 4.74 Å². The zero-order chi connectivity index (χ0) is 24.6. The van der Waals surface area contributed by atoms with E-state index in [0.717, 1.165) is 36.6 Å². The van der Waals surface area contributed by atoms with Crippen LogP contribution in [-0.4, -0.2) is 0 Å². The topological polar surface area (TPSA) is 9.23 Å². The first-order valence-corrected chi connectivity index (χ1v) is 11.3. The standard InChI is InChI=1S/C29H28F4O/c1-3-5-7-9-21-11-14-23(15-12-21)25-17-16-24(20-27(25)30)34-29(32,33)26-18-13-22(19-28(26)31)10-8-6-4-2/h3-6,11-20H,7-10H2,1-2H3/b5-3+,6-4+. The molecule has 0 N–H and O–H groups in total. The van der Waals surface area contributed by atoms with E-state index in [9.17, 15) is 17.6 Å². The molecule has 0 aliphatic heterocycles. The lowest BCUT2D eigenvalue weighted by molar-refractivity contribution is -0.187. The maximum Gasteiger partial charge on any atom is 0.429 e. The summed E-state index contributed by atoms with van der Waals surface area (Å²) in [7, 11) is 0. The zero-order valence-electron chi connectivity index (χ0n) is 19.3. The van der Waals surface area contributed by atoms with Gasteiger partial charge in [-0.15, -0.1) is 0 Å². The van der Waals surface area contributed by atoms with Gasteiger partial charge in [0.1, 0.15) is 17.4 Å². The van der Waals surface area contributed by atoms with Crippen LogP contribution in [0.4, 0.5) is 17.6 Å². The van der Waals surface area contributed by atoms with Gasteiger partial charge in [-0.25, -0.2) is 8.78 Å². The summed E-state index contributed by atoms with van der Waals surface area (Å²) in [6.07, 6.45) is 6.94. The molecular formula is C29H28F4O. The summed E-state index contributed by atoms with van der Waals surface area (Å²) < 4.78 is 63.2. The molecule has 0 aliphatic carbocycles. The summed E-state index contributed by atoms with van der Waals surface area (Å²) in [4.78, 5) is 0. The van der Waals surface area contributed by atoms with Crippen LogP contribution in [-0.2, 0) is 19.0 Å². The predicted octanol–water partition coefficient (Wildman–Crippen LogP) is 8.78. The maximum atomic E-state index is 14.7. The minimum atomic E-state index is -3.95. The Kier molecular flexibility index (Phi) is 8.69. The number of aryl methyl sites for hydroxylation is 2. The van der Waals surface area contributed by atoms with Gasteiger partial charge in [-0.05, 0) is 80.5 Å². The van der Waals surface area contributed by atoms with Crippen molar-refractivity contribution in [1.29, 1.82) is 0 Å². The van der Waals surface area contributed by atoms with Crippen LogP contribution in [0.5, 0.6) is 5.75 Å². The summed E-state index contributed by atoms with van der Waals surface area (Å²) in [6.45, 7) is 3.84. The normalized spacial score (nSPS) is 12.1. The number of halogens is 4. The molecule has 3 aromatic rings. The Morgan fingerprint density at radius 2 is 1.35 bits per heavy atom. The molecule has 0 fully saturated rings. The van der Waals surface area contributed by atoms with Gasteiger partial charge >= 0.3 is 6.11 Å². The van der Waals surface area contributed by atoms with Crippen molar-refractivity contribution in [1.82, 2.24) is 0 Å². The van der Waals surface area contributed by atoms with Crippen molar-refractivity contribution in [2.75, 3.05) is 0 Å². The van der Waals surface area contributed by atoms with Crippen molar-refractivity contribution in [3.63, 3.8) is 0 Å². The first kappa shape index (κ1) is 25.3. The second-order valence-corrected chi connectivity index (χ2v) is 7.99. The quantitative estimate of drug-likeness (QED) is 0.213. The Bertz CT molecular complexity index is 1150. The third-order valence-electron chi connectivity index (χ3n) is 5.47. The lowest BCUT2D eigenvalue weighted by Gasteiger charge is -2.19. The number of benzene rings is 3. The van der Waals surface area contributed by atoms with Crippen molar-refractivity contribution in [3.05, 3.63) is 113 Å². The van der Waals surface area contributed by atoms with Gasteiger partial charge in [-0.1, -0.05) is 54.6 Å². The summed E-state index contributed by atoms with van der Waals surface area (Å²) in [6, 6.07) is 14.5. The molecule has 34 heavy (non-hydrogen) atoms. The highest BCUT2D eigenvalue weighted by Crippen LogP contribution is 2.35. The van der Waals surface area contributed by atoms with Crippen LogP contribution in [0.1, 0.15) is 43.4 Å². The fourth-order valence-corrected chi connectivity index (χ4v) is 3.63. The van der Waals surface area contributed by atoms with Gasteiger partial charge in [0.05, 0.1) is 5.56 Å². The second-order valence-electron chi connectivity index (χ2n) is 7.99. The number of hydrogen-bond acceptors (Lipinski definition) is 1. The van der Waals surface area contributed by atoms with Crippen LogP contribution in [0.25, 0.3) is 11.1 Å². The number of allylic oxidation sites excluding steroid dienone is 4. The average molecular weight is 469 g/mol. The third kappa shape index (κ3) is 6.60. The van der Waals surface area contributed by atoms with E-state index in [4.69, 9.17) is 4.74 Å². The molecule has 178 valence electrons. The Labute approximate surface area is 198 Å². The fourth-order valence-electron chi connectivity index (χ4n) is 3.63. The van der Waals surface area contributed by atoms with Crippen LogP contribution >= 0.6 is 0 Å². The van der Waals surface area contributed by atoms with Gasteiger partial charge in [0, 0.05) is 11.6 Å². The fraction of sp³-hybridized carbons (Fsp3) is 0.241. The van der Waals surface area contributed by atoms with Crippen molar-refractivity contribution >= 4 is 0 Å². The molecule has 0 heterocycles. The molecule has 0 bridgehead atoms. The van der Waals surface area contributed by atoms with Gasteiger partial charge in [0.25, 0.3) is 0 Å². The van der Waals surface area contributed by atoms with Crippen molar-refractivity contribution in [2.24, 2.45) is 0 Å². The summed E-state index contributed by atoms with van der Waals surface area (Å²) >= 11 is 0. The molecule has 0 amide bonds. The molecule has 0 radical (unpaired) electrons. The zero-order valence-corrected chi connectivity index (χ0v) is 19.3. The number of rotatable bonds is 10. The average Bonchev–Trinajstić information content (AvgIpc) is 2.80. The van der Waals surface area contributed by atoms with Crippen molar-refractivity contribution < 1.29 is 22.3 Å². The van der Waals surface area contributed by atoms with E-state index < -0.39 is 23.3 Å². The predicted molar refractivity (Wildman–Crippen MR) is 129 cm³/mol. The Balaban J connectivity index is 1.73. The first-order valence-electron chi connectivity index (χ1n) is 11.3. The number of ether oxygens (including phenoxy) is 1. The molecule has 0 atom stereocenters. The Morgan fingerprint density at radius 3 is 1.94 bits per heavy atom. The van der Waals surface area contributed by atoms with Crippen LogP contribution in [0.15, 0.2) is 85.0 Å². The van der Waals surface area contributed by atoms with E-state index >= 15 is 0 Å². The van der Waals surface area contributed by atoms with Gasteiger partial charge in [-0.2, -0.15) is 8.78 Å². The van der Waals surface area contributed by atoms with Crippen LogP contribution in [0.2, 0.25) is 0 Å². The molecule has 0 spiro atoms. The summed E-state index contributed by atoms with van der Waals surface area (Å²) in [5.41, 5.74) is 1.74. The van der Waals surface area contributed by atoms with Crippen molar-refractivity contribution in [3.8, 4) is 16.9 Å². The SMILES string of the molecule is C/C=C/CCc1ccc(-c2ccc(OC(F)(F)c3ccc(CC/C=C/C)cc3F)cc2F)cc1. The summed E-state index contributed by atoms with van der Waals surface area (Å²) in [5, 5.41) is 0. The minimum Gasteiger partial charge on any atom is -0.429 e. The molecule has 0 unspecified atom stereocenters. The maximum absolute atomic E-state index is 14.7. The van der Waals surface area contributed by atoms with Crippen LogP contribution in [0.3, 0.4) is 0 Å². The first-order chi connectivity index (χ1) is 16.3. The van der Waals surface area contributed by atoms with Crippen LogP contribution in [0, 0.1) is 11.6 Å². The Hall–Kier alpha value is -3.34.